The first-order valence-electron chi connectivity index (χ1n) is 8.09. The lowest BCUT2D eigenvalue weighted by atomic mass is 10.1. The molecule has 0 saturated carbocycles. The molecule has 0 radical (unpaired) electrons. The van der Waals surface area contributed by atoms with E-state index in [1.807, 2.05) is 6.92 Å². The van der Waals surface area contributed by atoms with Crippen molar-refractivity contribution < 1.29 is 28.9 Å². The minimum atomic E-state index is -1.41. The van der Waals surface area contributed by atoms with Gasteiger partial charge in [-0.1, -0.05) is 19.8 Å². The van der Waals surface area contributed by atoms with Gasteiger partial charge in [-0.2, -0.15) is 4.98 Å². The average molecular weight is 359 g/mol. The Hall–Kier alpha value is -2.04. The molecule has 1 aromatic heterocycles. The third kappa shape index (κ3) is 4.53. The Labute approximate surface area is 143 Å². The fourth-order valence-corrected chi connectivity index (χ4v) is 2.42. The van der Waals surface area contributed by atoms with Crippen molar-refractivity contribution in [1.82, 2.24) is 9.55 Å². The second-order valence-corrected chi connectivity index (χ2v) is 5.81. The Bertz CT molecular complexity index is 667. The van der Waals surface area contributed by atoms with Crippen molar-refractivity contribution in [2.45, 2.75) is 57.6 Å². The molecule has 4 atom stereocenters. The molecule has 9 nitrogen and oxygen atoms in total. The minimum absolute atomic E-state index is 0.177. The maximum Gasteiger partial charge on any atom is 0.412 e. The highest BCUT2D eigenvalue weighted by Gasteiger charge is 2.42. The first-order chi connectivity index (χ1) is 11.8. The highest BCUT2D eigenvalue weighted by molar-refractivity contribution is 5.83. The Morgan fingerprint density at radius 2 is 2.16 bits per heavy atom. The molecule has 2 rings (SSSR count). The number of carbonyl (C=O) groups is 1. The third-order valence-corrected chi connectivity index (χ3v) is 3.86. The van der Waals surface area contributed by atoms with Crippen LogP contribution in [0.25, 0.3) is 0 Å². The van der Waals surface area contributed by atoms with E-state index in [2.05, 4.69) is 10.3 Å². The molecular formula is C15H22FN3O6. The minimum Gasteiger partial charge on any atom is -0.449 e. The van der Waals surface area contributed by atoms with Crippen molar-refractivity contribution in [1.29, 1.82) is 0 Å². The second-order valence-electron chi connectivity index (χ2n) is 5.81. The Balaban J connectivity index is 2.07. The van der Waals surface area contributed by atoms with Gasteiger partial charge in [-0.15, -0.1) is 0 Å². The van der Waals surface area contributed by atoms with Gasteiger partial charge >= 0.3 is 11.8 Å². The zero-order chi connectivity index (χ0) is 18.6. The summed E-state index contributed by atoms with van der Waals surface area (Å²) in [6.07, 6.45) is -2.25. The van der Waals surface area contributed by atoms with Crippen LogP contribution in [-0.4, -0.2) is 50.8 Å². The van der Waals surface area contributed by atoms with E-state index >= 15 is 0 Å². The van der Waals surface area contributed by atoms with Crippen LogP contribution in [0.4, 0.5) is 15.0 Å². The number of hydrogen-bond donors (Lipinski definition) is 3. The number of rotatable bonds is 6. The van der Waals surface area contributed by atoms with E-state index in [0.29, 0.717) is 6.42 Å². The molecule has 2 heterocycles. The number of aliphatic hydroxyl groups excluding tert-OH is 2. The Morgan fingerprint density at radius 1 is 1.44 bits per heavy atom. The van der Waals surface area contributed by atoms with Crippen LogP contribution < -0.4 is 11.0 Å². The zero-order valence-corrected chi connectivity index (χ0v) is 14.0. The highest BCUT2D eigenvalue weighted by Crippen LogP contribution is 2.28. The van der Waals surface area contributed by atoms with Crippen molar-refractivity contribution in [2.75, 3.05) is 11.9 Å². The van der Waals surface area contributed by atoms with Crippen LogP contribution in [0, 0.1) is 5.82 Å². The fraction of sp³-hybridized carbons (Fsp3) is 0.667. The molecule has 1 fully saturated rings. The molecule has 0 aliphatic carbocycles. The van der Waals surface area contributed by atoms with E-state index in [4.69, 9.17) is 9.47 Å². The first kappa shape index (κ1) is 19.3. The van der Waals surface area contributed by atoms with E-state index in [1.165, 1.54) is 6.92 Å². The van der Waals surface area contributed by atoms with Crippen molar-refractivity contribution >= 4 is 11.9 Å². The van der Waals surface area contributed by atoms with Gasteiger partial charge in [-0.3, -0.25) is 9.88 Å². The number of halogens is 1. The number of nitrogens with one attached hydrogen (secondary N) is 1. The summed E-state index contributed by atoms with van der Waals surface area (Å²) in [5, 5.41) is 21.6. The van der Waals surface area contributed by atoms with Gasteiger partial charge in [0.15, 0.2) is 17.9 Å². The van der Waals surface area contributed by atoms with E-state index < -0.39 is 48.0 Å². The molecule has 1 aliphatic rings. The van der Waals surface area contributed by atoms with E-state index in [0.717, 1.165) is 23.6 Å². The van der Waals surface area contributed by atoms with Gasteiger partial charge in [0.25, 0.3) is 0 Å². The molecule has 0 bridgehead atoms. The summed E-state index contributed by atoms with van der Waals surface area (Å²) >= 11 is 0. The summed E-state index contributed by atoms with van der Waals surface area (Å²) in [4.78, 5) is 27.0. The van der Waals surface area contributed by atoms with Gasteiger partial charge in [0.2, 0.25) is 0 Å². The Kier molecular flexibility index (Phi) is 6.45. The molecule has 10 heteroatoms. The number of hydrogen-bond acceptors (Lipinski definition) is 7. The standard InChI is InChI=1S/C15H22FN3O6/c1-3-4-5-6-24-15(23)18-12-9(16)7-19(14(22)17-12)13-11(21)10(20)8(2)25-13/h7-8,10-11,13,20-21H,3-6H2,1-2H3,(H,17,18,22,23)/t8-,10?,11-,13-/m1/s1. The second kappa shape index (κ2) is 8.37. The lowest BCUT2D eigenvalue weighted by Crippen LogP contribution is -2.36. The van der Waals surface area contributed by atoms with Gasteiger partial charge in [0.1, 0.15) is 12.2 Å². The number of nitrogens with zero attached hydrogens (tertiary/aromatic N) is 2. The topological polar surface area (TPSA) is 123 Å². The summed E-state index contributed by atoms with van der Waals surface area (Å²) in [6, 6.07) is 0. The monoisotopic (exact) mass is 359 g/mol. The molecule has 1 aliphatic heterocycles. The Morgan fingerprint density at radius 3 is 2.76 bits per heavy atom. The smallest absolute Gasteiger partial charge is 0.412 e. The molecule has 0 spiro atoms. The fourth-order valence-electron chi connectivity index (χ4n) is 2.42. The van der Waals surface area contributed by atoms with Gasteiger partial charge in [0.05, 0.1) is 18.9 Å². The molecule has 1 saturated heterocycles. The predicted molar refractivity (Wildman–Crippen MR) is 84.5 cm³/mol. The molecular weight excluding hydrogens is 337 g/mol. The van der Waals surface area contributed by atoms with Crippen LogP contribution in [0.2, 0.25) is 0 Å². The summed E-state index contributed by atoms with van der Waals surface area (Å²) < 4.78 is 24.9. The summed E-state index contributed by atoms with van der Waals surface area (Å²) in [6.45, 7) is 3.68. The highest BCUT2D eigenvalue weighted by atomic mass is 19.1. The number of aromatic nitrogens is 2. The summed E-state index contributed by atoms with van der Waals surface area (Å²) in [7, 11) is 0. The number of anilines is 1. The average Bonchev–Trinajstić information content (AvgIpc) is 2.82. The van der Waals surface area contributed by atoms with Crippen LogP contribution in [0.5, 0.6) is 0 Å². The van der Waals surface area contributed by atoms with E-state index in [9.17, 15) is 24.2 Å². The summed E-state index contributed by atoms with van der Waals surface area (Å²) in [5.41, 5.74) is -0.951. The molecule has 3 N–H and O–H groups in total. The molecule has 0 aromatic carbocycles. The number of carbonyl (C=O) groups excluding carboxylic acids is 1. The largest absolute Gasteiger partial charge is 0.449 e. The van der Waals surface area contributed by atoms with E-state index in [1.54, 1.807) is 0 Å². The lowest BCUT2D eigenvalue weighted by molar-refractivity contribution is -0.0355. The number of unbranched alkanes of at least 4 members (excludes halogenated alkanes) is 2. The third-order valence-electron chi connectivity index (χ3n) is 3.86. The molecule has 140 valence electrons. The van der Waals surface area contributed by atoms with E-state index in [-0.39, 0.29) is 6.61 Å². The van der Waals surface area contributed by atoms with Crippen LogP contribution in [0.3, 0.4) is 0 Å². The number of amides is 1. The lowest BCUT2D eigenvalue weighted by Gasteiger charge is -2.17. The van der Waals surface area contributed by atoms with Crippen LogP contribution in [0.1, 0.15) is 39.3 Å². The summed E-state index contributed by atoms with van der Waals surface area (Å²) in [5.74, 6) is -1.59. The zero-order valence-electron chi connectivity index (χ0n) is 14.0. The SMILES string of the molecule is CCCCCOC(=O)Nc1nc(=O)n([C@@H]2O[C@H](C)C(O)[C@H]2O)cc1F. The van der Waals surface area contributed by atoms with Crippen molar-refractivity contribution in [3.05, 3.63) is 22.5 Å². The first-order valence-corrected chi connectivity index (χ1v) is 8.09. The van der Waals surface area contributed by atoms with Gasteiger partial charge < -0.3 is 19.7 Å². The maximum absolute atomic E-state index is 14.1. The van der Waals surface area contributed by atoms with Crippen LogP contribution >= 0.6 is 0 Å². The number of ether oxygens (including phenoxy) is 2. The molecule has 25 heavy (non-hydrogen) atoms. The van der Waals surface area contributed by atoms with Crippen LogP contribution in [-0.2, 0) is 9.47 Å². The molecule has 1 amide bonds. The molecule has 1 unspecified atom stereocenters. The predicted octanol–water partition coefficient (Wildman–Crippen LogP) is 0.760. The van der Waals surface area contributed by atoms with Gasteiger partial charge in [-0.05, 0) is 13.3 Å². The normalized spacial score (nSPS) is 25.8. The van der Waals surface area contributed by atoms with Gasteiger partial charge in [-0.25, -0.2) is 14.0 Å². The quantitative estimate of drug-likeness (QED) is 0.641. The van der Waals surface area contributed by atoms with Crippen molar-refractivity contribution in [3.8, 4) is 0 Å². The molecule has 1 aromatic rings. The number of aliphatic hydroxyl groups is 2. The van der Waals surface area contributed by atoms with Gasteiger partial charge in [0, 0.05) is 0 Å². The van der Waals surface area contributed by atoms with Crippen LogP contribution in [0.15, 0.2) is 11.0 Å². The maximum atomic E-state index is 14.1. The van der Waals surface area contributed by atoms with Crippen molar-refractivity contribution in [3.63, 3.8) is 0 Å². The van der Waals surface area contributed by atoms with Crippen molar-refractivity contribution in [2.24, 2.45) is 0 Å².